The summed E-state index contributed by atoms with van der Waals surface area (Å²) in [7, 11) is 1.56. The second-order valence-corrected chi connectivity index (χ2v) is 7.61. The number of para-hydroxylation sites is 2. The van der Waals surface area contributed by atoms with Gasteiger partial charge in [-0.25, -0.2) is 0 Å². The third-order valence-corrected chi connectivity index (χ3v) is 5.30. The Morgan fingerprint density at radius 3 is 2.33 bits per heavy atom. The van der Waals surface area contributed by atoms with Crippen LogP contribution in [0.1, 0.15) is 38.7 Å². The molecule has 1 N–H and O–H groups in total. The van der Waals surface area contributed by atoms with Gasteiger partial charge >= 0.3 is 0 Å². The molecule has 0 aliphatic carbocycles. The fraction of sp³-hybridized carbons (Fsp3) is 0.385. The van der Waals surface area contributed by atoms with Gasteiger partial charge in [-0.05, 0) is 49.6 Å². The van der Waals surface area contributed by atoms with Crippen LogP contribution in [0.5, 0.6) is 11.5 Å². The quantitative estimate of drug-likeness (QED) is 0.356. The summed E-state index contributed by atoms with van der Waals surface area (Å²) < 4.78 is 16.5. The average molecular weight is 453 g/mol. The Balaban J connectivity index is 1.86. The van der Waals surface area contributed by atoms with Gasteiger partial charge < -0.3 is 19.5 Å². The van der Waals surface area contributed by atoms with Crippen LogP contribution in [0.4, 0.5) is 5.69 Å². The first-order valence-corrected chi connectivity index (χ1v) is 11.4. The first-order chi connectivity index (χ1) is 16.1. The number of unbranched alkanes of at least 4 members (excludes halogenated alkanes) is 1. The van der Waals surface area contributed by atoms with Crippen LogP contribution >= 0.6 is 0 Å². The van der Waals surface area contributed by atoms with Gasteiger partial charge in [0, 0.05) is 19.8 Å². The van der Waals surface area contributed by atoms with E-state index in [0.29, 0.717) is 61.1 Å². The van der Waals surface area contributed by atoms with Crippen molar-refractivity contribution < 1.29 is 23.8 Å². The van der Waals surface area contributed by atoms with Crippen LogP contribution in [0.2, 0.25) is 0 Å². The molecule has 0 atom stereocenters. The number of amides is 2. The van der Waals surface area contributed by atoms with E-state index in [2.05, 4.69) is 12.2 Å². The smallest absolute Gasteiger partial charge is 0.278 e. The van der Waals surface area contributed by atoms with Gasteiger partial charge in [-0.3, -0.25) is 14.5 Å². The van der Waals surface area contributed by atoms with Crippen molar-refractivity contribution in [2.75, 3.05) is 38.8 Å². The topological polar surface area (TPSA) is 77.1 Å². The van der Waals surface area contributed by atoms with Crippen LogP contribution in [-0.4, -0.2) is 50.2 Å². The zero-order valence-electron chi connectivity index (χ0n) is 19.6. The van der Waals surface area contributed by atoms with Crippen molar-refractivity contribution in [1.82, 2.24) is 4.90 Å². The largest absolute Gasteiger partial charge is 0.495 e. The van der Waals surface area contributed by atoms with Crippen LogP contribution in [0.25, 0.3) is 5.57 Å². The second kappa shape index (κ2) is 12.1. The summed E-state index contributed by atoms with van der Waals surface area (Å²) in [4.78, 5) is 28.0. The molecule has 3 rings (SSSR count). The number of methoxy groups -OCH3 is 1. The van der Waals surface area contributed by atoms with E-state index in [4.69, 9.17) is 14.2 Å². The van der Waals surface area contributed by atoms with E-state index in [1.165, 1.54) is 4.90 Å². The summed E-state index contributed by atoms with van der Waals surface area (Å²) in [5, 5.41) is 3.16. The summed E-state index contributed by atoms with van der Waals surface area (Å²) in [6.07, 6.45) is 2.65. The van der Waals surface area contributed by atoms with E-state index in [1.807, 2.05) is 25.1 Å². The second-order valence-electron chi connectivity index (χ2n) is 7.61. The van der Waals surface area contributed by atoms with E-state index in [9.17, 15) is 9.59 Å². The molecule has 0 spiro atoms. The number of nitrogens with zero attached hydrogens (tertiary/aromatic N) is 1. The molecule has 1 aliphatic heterocycles. The molecule has 7 nitrogen and oxygen atoms in total. The standard InChI is InChI=1S/C26H32N2O5/c1-4-6-17-32-18-9-16-28-25(29)23(19-12-14-20(15-13-19)33-5-2)24(26(28)30)27-21-10-7-8-11-22(21)31-3/h7-8,10-15,27H,4-6,9,16-18H2,1-3H3. The summed E-state index contributed by atoms with van der Waals surface area (Å²) in [5.41, 5.74) is 1.83. The summed E-state index contributed by atoms with van der Waals surface area (Å²) in [5.74, 6) is 0.608. The normalized spacial score (nSPS) is 13.6. The van der Waals surface area contributed by atoms with Crippen molar-refractivity contribution in [2.24, 2.45) is 0 Å². The van der Waals surface area contributed by atoms with Crippen LogP contribution in [0, 0.1) is 0 Å². The van der Waals surface area contributed by atoms with Crippen LogP contribution in [0.3, 0.4) is 0 Å². The molecule has 176 valence electrons. The lowest BCUT2D eigenvalue weighted by Crippen LogP contribution is -2.34. The zero-order chi connectivity index (χ0) is 23.6. The van der Waals surface area contributed by atoms with Crippen molar-refractivity contribution in [3.63, 3.8) is 0 Å². The van der Waals surface area contributed by atoms with E-state index in [0.717, 1.165) is 12.8 Å². The Morgan fingerprint density at radius 1 is 0.909 bits per heavy atom. The first kappa shape index (κ1) is 24.3. The molecule has 0 radical (unpaired) electrons. The highest BCUT2D eigenvalue weighted by Crippen LogP contribution is 2.33. The molecule has 2 amide bonds. The number of carbonyl (C=O) groups excluding carboxylic acids is 2. The number of anilines is 1. The Morgan fingerprint density at radius 2 is 1.64 bits per heavy atom. The van der Waals surface area contributed by atoms with Gasteiger partial charge in [-0.15, -0.1) is 0 Å². The van der Waals surface area contributed by atoms with Gasteiger partial charge in [0.1, 0.15) is 17.2 Å². The molecule has 7 heteroatoms. The maximum atomic E-state index is 13.4. The SMILES string of the molecule is CCCCOCCCN1C(=O)C(Nc2ccccc2OC)=C(c2ccc(OCC)cc2)C1=O. The molecule has 0 unspecified atom stereocenters. The zero-order valence-corrected chi connectivity index (χ0v) is 19.6. The van der Waals surface area contributed by atoms with Gasteiger partial charge in [0.2, 0.25) is 0 Å². The lowest BCUT2D eigenvalue weighted by molar-refractivity contribution is -0.137. The molecule has 0 aromatic heterocycles. The average Bonchev–Trinajstić information content (AvgIpc) is 3.06. The van der Waals surface area contributed by atoms with E-state index in [1.54, 1.807) is 37.4 Å². The van der Waals surface area contributed by atoms with Gasteiger partial charge in [-0.1, -0.05) is 37.6 Å². The fourth-order valence-corrected chi connectivity index (χ4v) is 3.60. The monoisotopic (exact) mass is 452 g/mol. The summed E-state index contributed by atoms with van der Waals surface area (Å²) in [6, 6.07) is 14.5. The number of hydrogen-bond donors (Lipinski definition) is 1. The highest BCUT2D eigenvalue weighted by molar-refractivity contribution is 6.36. The lowest BCUT2D eigenvalue weighted by Gasteiger charge is -2.16. The predicted molar refractivity (Wildman–Crippen MR) is 128 cm³/mol. The summed E-state index contributed by atoms with van der Waals surface area (Å²) >= 11 is 0. The minimum Gasteiger partial charge on any atom is -0.495 e. The Bertz CT molecular complexity index is 984. The molecule has 1 heterocycles. The van der Waals surface area contributed by atoms with Crippen molar-refractivity contribution in [3.8, 4) is 11.5 Å². The first-order valence-electron chi connectivity index (χ1n) is 11.4. The maximum absolute atomic E-state index is 13.4. The molecule has 0 fully saturated rings. The van der Waals surface area contributed by atoms with Crippen LogP contribution < -0.4 is 14.8 Å². The molecule has 1 aliphatic rings. The fourth-order valence-electron chi connectivity index (χ4n) is 3.60. The van der Waals surface area contributed by atoms with Gasteiger partial charge in [0.15, 0.2) is 0 Å². The van der Waals surface area contributed by atoms with Gasteiger partial charge in [-0.2, -0.15) is 0 Å². The van der Waals surface area contributed by atoms with Crippen molar-refractivity contribution in [2.45, 2.75) is 33.1 Å². The maximum Gasteiger partial charge on any atom is 0.278 e. The van der Waals surface area contributed by atoms with Crippen molar-refractivity contribution >= 4 is 23.1 Å². The minimum absolute atomic E-state index is 0.237. The van der Waals surface area contributed by atoms with E-state index < -0.39 is 0 Å². The number of rotatable bonds is 13. The lowest BCUT2D eigenvalue weighted by atomic mass is 10.0. The van der Waals surface area contributed by atoms with E-state index in [-0.39, 0.29) is 17.5 Å². The Kier molecular flexibility index (Phi) is 8.89. The predicted octanol–water partition coefficient (Wildman–Crippen LogP) is 4.49. The molecule has 0 saturated heterocycles. The van der Waals surface area contributed by atoms with Crippen molar-refractivity contribution in [3.05, 3.63) is 59.8 Å². The highest BCUT2D eigenvalue weighted by Gasteiger charge is 2.39. The van der Waals surface area contributed by atoms with E-state index >= 15 is 0 Å². The number of carbonyl (C=O) groups is 2. The number of hydrogen-bond acceptors (Lipinski definition) is 6. The minimum atomic E-state index is -0.358. The molecule has 2 aromatic rings. The van der Waals surface area contributed by atoms with Crippen LogP contribution in [-0.2, 0) is 14.3 Å². The molecule has 0 saturated carbocycles. The van der Waals surface area contributed by atoms with Crippen LogP contribution in [0.15, 0.2) is 54.2 Å². The number of ether oxygens (including phenoxy) is 3. The number of benzene rings is 2. The van der Waals surface area contributed by atoms with Gasteiger partial charge in [0.25, 0.3) is 11.8 Å². The molecule has 2 aromatic carbocycles. The third kappa shape index (κ3) is 5.93. The summed E-state index contributed by atoms with van der Waals surface area (Å²) in [6.45, 7) is 6.05. The van der Waals surface area contributed by atoms with Gasteiger partial charge in [0.05, 0.1) is 25.0 Å². The third-order valence-electron chi connectivity index (χ3n) is 5.30. The molecular formula is C26H32N2O5. The molecular weight excluding hydrogens is 420 g/mol. The number of imide groups is 1. The number of nitrogens with one attached hydrogen (secondary N) is 1. The Hall–Kier alpha value is -3.32. The molecule has 0 bridgehead atoms. The van der Waals surface area contributed by atoms with Crippen molar-refractivity contribution in [1.29, 1.82) is 0 Å². The molecule has 33 heavy (non-hydrogen) atoms. The Labute approximate surface area is 195 Å². The highest BCUT2D eigenvalue weighted by atomic mass is 16.5.